The van der Waals surface area contributed by atoms with Crippen molar-refractivity contribution in [2.24, 2.45) is 11.8 Å². The fraction of sp³-hybridized carbons (Fsp3) is 0.471. The van der Waals surface area contributed by atoms with E-state index < -0.39 is 11.9 Å². The molecular weight excluding hydrogens is 280 g/mol. The number of rotatable bonds is 7. The van der Waals surface area contributed by atoms with Crippen LogP contribution >= 0.6 is 0 Å². The number of anilines is 1. The van der Waals surface area contributed by atoms with Crippen LogP contribution in [0.25, 0.3) is 0 Å². The van der Waals surface area contributed by atoms with Gasteiger partial charge < -0.3 is 10.0 Å². The quantitative estimate of drug-likeness (QED) is 0.839. The highest BCUT2D eigenvalue weighted by Gasteiger charge is 2.27. The topological polar surface area (TPSA) is 81.4 Å². The fourth-order valence-electron chi connectivity index (χ4n) is 2.32. The zero-order chi connectivity index (χ0) is 16.7. The lowest BCUT2D eigenvalue weighted by molar-refractivity contribution is -0.140. The SMILES string of the molecule is CCC(CC)C(=O)N(CC(C)C(=O)O)c1ccccc1C#N. The van der Waals surface area contributed by atoms with Crippen LogP contribution in [0.3, 0.4) is 0 Å². The van der Waals surface area contributed by atoms with Crippen molar-refractivity contribution in [1.82, 2.24) is 0 Å². The Kier molecular flexibility index (Phi) is 6.58. The van der Waals surface area contributed by atoms with Crippen molar-refractivity contribution in [2.45, 2.75) is 33.6 Å². The molecule has 0 aliphatic rings. The second-order valence-electron chi connectivity index (χ2n) is 5.33. The summed E-state index contributed by atoms with van der Waals surface area (Å²) in [5, 5.41) is 18.4. The number of carbonyl (C=O) groups is 2. The molecule has 0 saturated heterocycles. The summed E-state index contributed by atoms with van der Waals surface area (Å²) in [4.78, 5) is 25.4. The predicted octanol–water partition coefficient (Wildman–Crippen LogP) is 3.05. The normalized spacial score (nSPS) is 11.8. The molecular formula is C17H22N2O3. The minimum atomic E-state index is -0.961. The summed E-state index contributed by atoms with van der Waals surface area (Å²) < 4.78 is 0. The van der Waals surface area contributed by atoms with E-state index in [2.05, 4.69) is 6.07 Å². The van der Waals surface area contributed by atoms with E-state index >= 15 is 0 Å². The van der Waals surface area contributed by atoms with Crippen LogP contribution in [0.5, 0.6) is 0 Å². The summed E-state index contributed by atoms with van der Waals surface area (Å²) in [5.74, 6) is -1.96. The van der Waals surface area contributed by atoms with Gasteiger partial charge in [0, 0.05) is 12.5 Å². The van der Waals surface area contributed by atoms with Gasteiger partial charge >= 0.3 is 5.97 Å². The standard InChI is InChI=1S/C17H22N2O3/c1-4-13(5-2)16(20)19(11-12(3)17(21)22)15-9-7-6-8-14(15)10-18/h6-9,12-13H,4-5,11H2,1-3H3,(H,21,22). The molecule has 118 valence electrons. The smallest absolute Gasteiger partial charge is 0.308 e. The molecule has 1 atom stereocenters. The molecule has 1 aromatic carbocycles. The van der Waals surface area contributed by atoms with Crippen LogP contribution in [0.15, 0.2) is 24.3 Å². The number of benzene rings is 1. The van der Waals surface area contributed by atoms with Crippen molar-refractivity contribution in [3.8, 4) is 6.07 Å². The molecule has 0 saturated carbocycles. The van der Waals surface area contributed by atoms with E-state index in [0.29, 0.717) is 24.1 Å². The van der Waals surface area contributed by atoms with E-state index in [0.717, 1.165) is 0 Å². The highest BCUT2D eigenvalue weighted by atomic mass is 16.4. The van der Waals surface area contributed by atoms with Crippen molar-refractivity contribution in [1.29, 1.82) is 5.26 Å². The Morgan fingerprint density at radius 3 is 2.36 bits per heavy atom. The lowest BCUT2D eigenvalue weighted by atomic mass is 9.99. The van der Waals surface area contributed by atoms with E-state index in [9.17, 15) is 14.9 Å². The number of hydrogen-bond donors (Lipinski definition) is 1. The number of nitrogens with zero attached hydrogens (tertiary/aromatic N) is 2. The predicted molar refractivity (Wildman–Crippen MR) is 84.4 cm³/mol. The largest absolute Gasteiger partial charge is 0.481 e. The number of amides is 1. The minimum absolute atomic E-state index is 0.0589. The molecule has 1 unspecified atom stereocenters. The Morgan fingerprint density at radius 1 is 1.27 bits per heavy atom. The first-order valence-electron chi connectivity index (χ1n) is 7.49. The molecule has 0 fully saturated rings. The van der Waals surface area contributed by atoms with Gasteiger partial charge in [0.05, 0.1) is 17.2 Å². The van der Waals surface area contributed by atoms with Crippen molar-refractivity contribution < 1.29 is 14.7 Å². The van der Waals surface area contributed by atoms with Gasteiger partial charge in [0.25, 0.3) is 0 Å². The molecule has 0 spiro atoms. The molecule has 1 amide bonds. The van der Waals surface area contributed by atoms with Gasteiger partial charge in [-0.25, -0.2) is 0 Å². The first-order chi connectivity index (χ1) is 10.5. The summed E-state index contributed by atoms with van der Waals surface area (Å²) in [6.45, 7) is 5.48. The number of para-hydroxylation sites is 1. The molecule has 0 radical (unpaired) electrons. The molecule has 0 aliphatic heterocycles. The average molecular weight is 302 g/mol. The monoisotopic (exact) mass is 302 g/mol. The number of aliphatic carboxylic acids is 1. The van der Waals surface area contributed by atoms with Gasteiger partial charge in [-0.3, -0.25) is 9.59 Å². The molecule has 22 heavy (non-hydrogen) atoms. The first kappa shape index (κ1) is 17.7. The third-order valence-corrected chi connectivity index (χ3v) is 3.79. The second kappa shape index (κ2) is 8.18. The summed E-state index contributed by atoms with van der Waals surface area (Å²) in [6.07, 6.45) is 1.37. The Hall–Kier alpha value is -2.35. The summed E-state index contributed by atoms with van der Waals surface area (Å²) in [7, 11) is 0. The molecule has 0 bridgehead atoms. The Balaban J connectivity index is 3.24. The van der Waals surface area contributed by atoms with Crippen LogP contribution in [0.1, 0.15) is 39.2 Å². The Labute approximate surface area is 131 Å². The molecule has 5 nitrogen and oxygen atoms in total. The van der Waals surface area contributed by atoms with Crippen molar-refractivity contribution in [2.75, 3.05) is 11.4 Å². The van der Waals surface area contributed by atoms with Gasteiger partial charge in [0.1, 0.15) is 6.07 Å². The van der Waals surface area contributed by atoms with Crippen LogP contribution in [0, 0.1) is 23.2 Å². The van der Waals surface area contributed by atoms with Gasteiger partial charge in [-0.1, -0.05) is 32.9 Å². The maximum atomic E-state index is 12.8. The van der Waals surface area contributed by atoms with E-state index in [1.165, 1.54) is 4.90 Å². The van der Waals surface area contributed by atoms with E-state index in [-0.39, 0.29) is 18.4 Å². The lowest BCUT2D eigenvalue weighted by Gasteiger charge is -2.28. The highest BCUT2D eigenvalue weighted by molar-refractivity contribution is 5.96. The van der Waals surface area contributed by atoms with Crippen molar-refractivity contribution in [3.63, 3.8) is 0 Å². The minimum Gasteiger partial charge on any atom is -0.481 e. The average Bonchev–Trinajstić information content (AvgIpc) is 2.53. The summed E-state index contributed by atoms with van der Waals surface area (Å²) in [6, 6.07) is 8.86. The van der Waals surface area contributed by atoms with Crippen LogP contribution in [-0.2, 0) is 9.59 Å². The van der Waals surface area contributed by atoms with E-state index in [1.54, 1.807) is 31.2 Å². The van der Waals surface area contributed by atoms with Gasteiger partial charge in [-0.05, 0) is 25.0 Å². The van der Waals surface area contributed by atoms with Gasteiger partial charge in [-0.2, -0.15) is 5.26 Å². The molecule has 0 heterocycles. The van der Waals surface area contributed by atoms with Crippen molar-refractivity contribution in [3.05, 3.63) is 29.8 Å². The molecule has 5 heteroatoms. The van der Waals surface area contributed by atoms with Crippen molar-refractivity contribution >= 4 is 17.6 Å². The summed E-state index contributed by atoms with van der Waals surface area (Å²) in [5.41, 5.74) is 0.856. The highest BCUT2D eigenvalue weighted by Crippen LogP contribution is 2.24. The fourth-order valence-corrected chi connectivity index (χ4v) is 2.32. The Bertz CT molecular complexity index is 574. The third-order valence-electron chi connectivity index (χ3n) is 3.79. The number of carboxylic acids is 1. The maximum Gasteiger partial charge on any atom is 0.308 e. The first-order valence-corrected chi connectivity index (χ1v) is 7.49. The van der Waals surface area contributed by atoms with Gasteiger partial charge in [0.2, 0.25) is 5.91 Å². The maximum absolute atomic E-state index is 12.8. The number of hydrogen-bond acceptors (Lipinski definition) is 3. The molecule has 1 N–H and O–H groups in total. The molecule has 1 rings (SSSR count). The van der Waals surface area contributed by atoms with Crippen LogP contribution < -0.4 is 4.90 Å². The molecule has 0 aromatic heterocycles. The summed E-state index contributed by atoms with van der Waals surface area (Å²) >= 11 is 0. The molecule has 0 aliphatic carbocycles. The third kappa shape index (κ3) is 4.08. The second-order valence-corrected chi connectivity index (χ2v) is 5.33. The number of carbonyl (C=O) groups excluding carboxylic acids is 1. The van der Waals surface area contributed by atoms with Gasteiger partial charge in [0.15, 0.2) is 0 Å². The number of carboxylic acid groups (broad SMARTS) is 1. The van der Waals surface area contributed by atoms with E-state index in [4.69, 9.17) is 5.11 Å². The Morgan fingerprint density at radius 2 is 1.86 bits per heavy atom. The van der Waals surface area contributed by atoms with E-state index in [1.807, 2.05) is 13.8 Å². The zero-order valence-electron chi connectivity index (χ0n) is 13.2. The lowest BCUT2D eigenvalue weighted by Crippen LogP contribution is -2.41. The van der Waals surface area contributed by atoms with Crippen LogP contribution in [0.2, 0.25) is 0 Å². The van der Waals surface area contributed by atoms with Crippen LogP contribution in [0.4, 0.5) is 5.69 Å². The van der Waals surface area contributed by atoms with Gasteiger partial charge in [-0.15, -0.1) is 0 Å². The van der Waals surface area contributed by atoms with Crippen LogP contribution in [-0.4, -0.2) is 23.5 Å². The molecule has 1 aromatic rings. The number of nitriles is 1. The zero-order valence-corrected chi connectivity index (χ0v) is 13.2.